The molecular weight excluding hydrogens is 162 g/mol. The molecule has 0 spiro atoms. The van der Waals surface area contributed by atoms with Crippen molar-refractivity contribution in [3.05, 3.63) is 0 Å². The van der Waals surface area contributed by atoms with Gasteiger partial charge in [0.15, 0.2) is 0 Å². The summed E-state index contributed by atoms with van der Waals surface area (Å²) in [6, 6.07) is 0.493. The Morgan fingerprint density at radius 1 is 1.15 bits per heavy atom. The summed E-state index contributed by atoms with van der Waals surface area (Å²) in [5.41, 5.74) is 0. The van der Waals surface area contributed by atoms with Gasteiger partial charge in [0.1, 0.15) is 0 Å². The molecule has 13 heavy (non-hydrogen) atoms. The van der Waals surface area contributed by atoms with Gasteiger partial charge in [-0.25, -0.2) is 0 Å². The highest BCUT2D eigenvalue weighted by atomic mass is 16.5. The fourth-order valence-corrected chi connectivity index (χ4v) is 1.14. The molecule has 2 nitrogen and oxygen atoms in total. The van der Waals surface area contributed by atoms with Gasteiger partial charge >= 0.3 is 0 Å². The van der Waals surface area contributed by atoms with Crippen LogP contribution < -0.4 is 5.32 Å². The molecule has 0 aliphatic heterocycles. The second kappa shape index (κ2) is 7.34. The van der Waals surface area contributed by atoms with Crippen molar-refractivity contribution in [1.29, 1.82) is 0 Å². The Kier molecular flexibility index (Phi) is 7.29. The Balaban J connectivity index is 3.39. The first kappa shape index (κ1) is 12.9. The molecule has 1 N–H and O–H groups in total. The van der Waals surface area contributed by atoms with Crippen molar-refractivity contribution in [2.75, 3.05) is 20.3 Å². The van der Waals surface area contributed by atoms with Crippen LogP contribution in [-0.2, 0) is 4.74 Å². The molecule has 0 aromatic rings. The van der Waals surface area contributed by atoms with Crippen molar-refractivity contribution < 1.29 is 4.74 Å². The van der Waals surface area contributed by atoms with Crippen molar-refractivity contribution in [2.24, 2.45) is 11.8 Å². The highest BCUT2D eigenvalue weighted by Crippen LogP contribution is 2.03. The minimum atomic E-state index is 0.493. The number of hydrogen-bond acceptors (Lipinski definition) is 2. The summed E-state index contributed by atoms with van der Waals surface area (Å²) >= 11 is 0. The van der Waals surface area contributed by atoms with Crippen LogP contribution in [0, 0.1) is 11.8 Å². The molecule has 80 valence electrons. The topological polar surface area (TPSA) is 21.3 Å². The third-order valence-electron chi connectivity index (χ3n) is 2.31. The maximum Gasteiger partial charge on any atom is 0.0621 e. The molecule has 0 amide bonds. The van der Waals surface area contributed by atoms with Crippen LogP contribution >= 0.6 is 0 Å². The lowest BCUT2D eigenvalue weighted by atomic mass is 10.1. The first-order chi connectivity index (χ1) is 6.07. The van der Waals surface area contributed by atoms with E-state index in [4.69, 9.17) is 4.74 Å². The third-order valence-corrected chi connectivity index (χ3v) is 2.31. The van der Waals surface area contributed by atoms with Crippen LogP contribution in [0.1, 0.15) is 34.1 Å². The van der Waals surface area contributed by atoms with E-state index in [0.29, 0.717) is 12.0 Å². The molecule has 0 saturated heterocycles. The third kappa shape index (κ3) is 7.03. The van der Waals surface area contributed by atoms with Crippen LogP contribution in [0.15, 0.2) is 0 Å². The molecule has 2 heteroatoms. The molecule has 0 aromatic heterocycles. The molecule has 0 heterocycles. The predicted molar refractivity (Wildman–Crippen MR) is 58.0 cm³/mol. The van der Waals surface area contributed by atoms with Crippen molar-refractivity contribution in [3.63, 3.8) is 0 Å². The van der Waals surface area contributed by atoms with Crippen molar-refractivity contribution in [3.8, 4) is 0 Å². The maximum atomic E-state index is 5.60. The van der Waals surface area contributed by atoms with Gasteiger partial charge in [0.05, 0.1) is 6.61 Å². The van der Waals surface area contributed by atoms with E-state index in [1.165, 1.54) is 0 Å². The second-order valence-corrected chi connectivity index (χ2v) is 4.40. The zero-order chi connectivity index (χ0) is 10.3. The predicted octanol–water partition coefficient (Wildman–Crippen LogP) is 2.29. The number of nitrogens with one attached hydrogen (secondary N) is 1. The van der Waals surface area contributed by atoms with E-state index >= 15 is 0 Å². The van der Waals surface area contributed by atoms with Gasteiger partial charge in [-0.05, 0) is 25.3 Å². The second-order valence-electron chi connectivity index (χ2n) is 4.40. The van der Waals surface area contributed by atoms with E-state index < -0.39 is 0 Å². The zero-order valence-corrected chi connectivity index (χ0v) is 9.76. The molecule has 0 bridgehead atoms. The molecule has 0 aliphatic carbocycles. The van der Waals surface area contributed by atoms with E-state index in [2.05, 4.69) is 33.0 Å². The van der Waals surface area contributed by atoms with E-state index in [-0.39, 0.29) is 0 Å². The Bertz CT molecular complexity index is 113. The molecule has 0 fully saturated rings. The average Bonchev–Trinajstić information content (AvgIpc) is 2.03. The Morgan fingerprint density at radius 3 is 2.15 bits per heavy atom. The largest absolute Gasteiger partial charge is 0.380 e. The minimum Gasteiger partial charge on any atom is -0.380 e. The molecule has 0 aliphatic rings. The van der Waals surface area contributed by atoms with E-state index in [1.54, 1.807) is 0 Å². The van der Waals surface area contributed by atoms with Gasteiger partial charge in [0.25, 0.3) is 0 Å². The van der Waals surface area contributed by atoms with E-state index in [0.717, 1.165) is 25.6 Å². The van der Waals surface area contributed by atoms with Gasteiger partial charge in [-0.15, -0.1) is 0 Å². The van der Waals surface area contributed by atoms with Crippen LogP contribution in [0.5, 0.6) is 0 Å². The summed E-state index contributed by atoms with van der Waals surface area (Å²) in [6.45, 7) is 10.6. The van der Waals surface area contributed by atoms with Gasteiger partial charge in [0, 0.05) is 12.6 Å². The number of ether oxygens (including phenoxy) is 1. The standard InChI is InChI=1S/C11H25NO/c1-9(2)6-7-13-8-11(12-5)10(3)4/h9-12H,6-8H2,1-5H3. The SMILES string of the molecule is CNC(COCCC(C)C)C(C)C. The molecule has 0 radical (unpaired) electrons. The van der Waals surface area contributed by atoms with Crippen LogP contribution in [0.2, 0.25) is 0 Å². The lowest BCUT2D eigenvalue weighted by Crippen LogP contribution is -2.35. The first-order valence-corrected chi connectivity index (χ1v) is 5.33. The summed E-state index contributed by atoms with van der Waals surface area (Å²) in [6.07, 6.45) is 1.16. The minimum absolute atomic E-state index is 0.493. The van der Waals surface area contributed by atoms with Crippen LogP contribution in [-0.4, -0.2) is 26.3 Å². The van der Waals surface area contributed by atoms with Gasteiger partial charge in [0.2, 0.25) is 0 Å². The normalized spacial score (nSPS) is 14.1. The Morgan fingerprint density at radius 2 is 1.77 bits per heavy atom. The molecule has 0 saturated carbocycles. The van der Waals surface area contributed by atoms with Crippen LogP contribution in [0.25, 0.3) is 0 Å². The first-order valence-electron chi connectivity index (χ1n) is 5.33. The fourth-order valence-electron chi connectivity index (χ4n) is 1.14. The van der Waals surface area contributed by atoms with Crippen LogP contribution in [0.4, 0.5) is 0 Å². The summed E-state index contributed by atoms with van der Waals surface area (Å²) < 4.78 is 5.60. The summed E-state index contributed by atoms with van der Waals surface area (Å²) in [5, 5.41) is 3.26. The Labute approximate surface area is 83.1 Å². The van der Waals surface area contributed by atoms with Crippen LogP contribution in [0.3, 0.4) is 0 Å². The molecule has 1 unspecified atom stereocenters. The van der Waals surface area contributed by atoms with E-state index in [9.17, 15) is 0 Å². The zero-order valence-electron chi connectivity index (χ0n) is 9.76. The quantitative estimate of drug-likeness (QED) is 0.617. The lowest BCUT2D eigenvalue weighted by molar-refractivity contribution is 0.0926. The van der Waals surface area contributed by atoms with Gasteiger partial charge in [-0.3, -0.25) is 0 Å². The monoisotopic (exact) mass is 187 g/mol. The van der Waals surface area contributed by atoms with Gasteiger partial charge in [-0.1, -0.05) is 27.7 Å². The Hall–Kier alpha value is -0.0800. The number of hydrogen-bond donors (Lipinski definition) is 1. The van der Waals surface area contributed by atoms with Crippen molar-refractivity contribution >= 4 is 0 Å². The lowest BCUT2D eigenvalue weighted by Gasteiger charge is -2.20. The molecule has 1 atom stereocenters. The van der Waals surface area contributed by atoms with E-state index in [1.807, 2.05) is 7.05 Å². The smallest absolute Gasteiger partial charge is 0.0621 e. The van der Waals surface area contributed by atoms with Gasteiger partial charge in [-0.2, -0.15) is 0 Å². The molecule has 0 aromatic carbocycles. The molecule has 0 rings (SSSR count). The molecular formula is C11H25NO. The maximum absolute atomic E-state index is 5.60. The summed E-state index contributed by atoms with van der Waals surface area (Å²) in [7, 11) is 2.00. The summed E-state index contributed by atoms with van der Waals surface area (Å²) in [5.74, 6) is 1.39. The summed E-state index contributed by atoms with van der Waals surface area (Å²) in [4.78, 5) is 0. The van der Waals surface area contributed by atoms with Gasteiger partial charge < -0.3 is 10.1 Å². The van der Waals surface area contributed by atoms with Crippen molar-refractivity contribution in [2.45, 2.75) is 40.2 Å². The number of likely N-dealkylation sites (N-methyl/N-ethyl adjacent to an activating group) is 1. The fraction of sp³-hybridized carbons (Fsp3) is 1.00. The highest BCUT2D eigenvalue weighted by molar-refractivity contribution is 4.66. The van der Waals surface area contributed by atoms with Crippen molar-refractivity contribution in [1.82, 2.24) is 5.32 Å². The highest BCUT2D eigenvalue weighted by Gasteiger charge is 2.10. The number of rotatable bonds is 7. The average molecular weight is 187 g/mol.